The van der Waals surface area contributed by atoms with Crippen LogP contribution < -0.4 is 31.3 Å². The van der Waals surface area contributed by atoms with E-state index in [1.165, 1.54) is 11.1 Å². The lowest BCUT2D eigenvalue weighted by atomic mass is 10.0. The monoisotopic (exact) mass is 564 g/mol. The number of amides is 1. The number of hydrogen-bond donors (Lipinski definition) is 4. The van der Waals surface area contributed by atoms with E-state index < -0.39 is 0 Å². The number of aromatic nitrogens is 1. The van der Waals surface area contributed by atoms with E-state index in [1.54, 1.807) is 50.6 Å². The molecule has 1 heterocycles. The van der Waals surface area contributed by atoms with Gasteiger partial charge in [0.25, 0.3) is 5.91 Å². The van der Waals surface area contributed by atoms with Gasteiger partial charge in [-0.15, -0.1) is 0 Å². The van der Waals surface area contributed by atoms with Gasteiger partial charge < -0.3 is 30.8 Å². The lowest BCUT2D eigenvalue weighted by molar-refractivity contribution is 0.102. The van der Waals surface area contributed by atoms with Crippen molar-refractivity contribution in [3.05, 3.63) is 106 Å². The number of aromatic amines is 1. The molecule has 0 saturated heterocycles. The van der Waals surface area contributed by atoms with Gasteiger partial charge in [0, 0.05) is 16.5 Å². The quantitative estimate of drug-likeness (QED) is 0.0879. The predicted molar refractivity (Wildman–Crippen MR) is 170 cm³/mol. The maximum atomic E-state index is 13.2. The normalized spacial score (nSPS) is 11.1. The minimum atomic E-state index is -0.294. The number of unbranched alkanes of at least 4 members (excludes halogenated alkanes) is 1. The maximum Gasteiger partial charge on any atom is 0.257 e. The van der Waals surface area contributed by atoms with Crippen molar-refractivity contribution >= 4 is 39.1 Å². The zero-order valence-corrected chi connectivity index (χ0v) is 24.0. The fourth-order valence-electron chi connectivity index (χ4n) is 5.16. The second-order valence-corrected chi connectivity index (χ2v) is 10.2. The first kappa shape index (κ1) is 28.7. The summed E-state index contributed by atoms with van der Waals surface area (Å²) in [6, 6.07) is 24.3. The Labute approximate surface area is 244 Å². The summed E-state index contributed by atoms with van der Waals surface area (Å²) in [7, 11) is 3.29. The second-order valence-electron chi connectivity index (χ2n) is 10.2. The Morgan fingerprint density at radius 3 is 2.26 bits per heavy atom. The highest BCUT2D eigenvalue weighted by molar-refractivity contribution is 6.13. The molecule has 0 atom stereocenters. The number of hydrogen-bond acceptors (Lipinski definition) is 6. The van der Waals surface area contributed by atoms with Gasteiger partial charge in [-0.05, 0) is 98.4 Å². The summed E-state index contributed by atoms with van der Waals surface area (Å²) in [6.45, 7) is 1.85. The summed E-state index contributed by atoms with van der Waals surface area (Å²) in [6.07, 6.45) is 4.02. The Hall–Kier alpha value is -4.82. The summed E-state index contributed by atoms with van der Waals surface area (Å²) >= 11 is 0. The predicted octanol–water partition coefficient (Wildman–Crippen LogP) is 5.69. The number of benzene rings is 4. The van der Waals surface area contributed by atoms with Crippen molar-refractivity contribution in [3.8, 4) is 11.5 Å². The molecule has 5 rings (SSSR count). The smallest absolute Gasteiger partial charge is 0.257 e. The number of fused-ring (bicyclic) bond motifs is 2. The Balaban J connectivity index is 1.11. The van der Waals surface area contributed by atoms with Gasteiger partial charge in [0.05, 0.1) is 36.5 Å². The summed E-state index contributed by atoms with van der Waals surface area (Å²) in [5, 5.41) is 7.42. The first-order chi connectivity index (χ1) is 20.5. The average Bonchev–Trinajstić information content (AvgIpc) is 3.01. The molecule has 4 aromatic carbocycles. The van der Waals surface area contributed by atoms with Crippen LogP contribution in [-0.4, -0.2) is 38.2 Å². The van der Waals surface area contributed by atoms with E-state index >= 15 is 0 Å². The zero-order valence-electron chi connectivity index (χ0n) is 24.0. The number of para-hydroxylation sites is 2. The first-order valence-corrected chi connectivity index (χ1v) is 14.1. The number of anilines is 2. The standard InChI is InChI=1S/C34H36N4O4/c1-41-29-17-14-23(21-30(29)42-2)18-20-36-19-4-3-7-22-12-15-24(16-13-22)37-34(40)27-10-5-8-25-31(27)38-32-26(33(25)39)9-6-11-28(32)35/h5-6,8-17,21,36H,3-4,7,18-20,35H2,1-2H3,(H,37,40)(H,38,39). The molecule has 5 N–H and O–H groups in total. The number of methoxy groups -OCH3 is 2. The fourth-order valence-corrected chi connectivity index (χ4v) is 5.16. The molecule has 0 aliphatic rings. The van der Waals surface area contributed by atoms with E-state index in [-0.39, 0.29) is 11.3 Å². The van der Waals surface area contributed by atoms with Crippen LogP contribution >= 0.6 is 0 Å². The van der Waals surface area contributed by atoms with Crippen LogP contribution in [0.1, 0.15) is 34.3 Å². The third-order valence-electron chi connectivity index (χ3n) is 7.46. The van der Waals surface area contributed by atoms with E-state index in [0.29, 0.717) is 38.7 Å². The molecule has 0 fully saturated rings. The van der Waals surface area contributed by atoms with Crippen LogP contribution in [0.2, 0.25) is 0 Å². The molecule has 0 aliphatic heterocycles. The summed E-state index contributed by atoms with van der Waals surface area (Å²) in [4.78, 5) is 29.5. The van der Waals surface area contributed by atoms with Crippen molar-refractivity contribution in [2.75, 3.05) is 38.4 Å². The molecule has 5 aromatic rings. The second kappa shape index (κ2) is 13.2. The third-order valence-corrected chi connectivity index (χ3v) is 7.46. The van der Waals surface area contributed by atoms with Crippen molar-refractivity contribution < 1.29 is 14.3 Å². The van der Waals surface area contributed by atoms with E-state index in [9.17, 15) is 9.59 Å². The van der Waals surface area contributed by atoms with Gasteiger partial charge in [-0.3, -0.25) is 9.59 Å². The van der Waals surface area contributed by atoms with Crippen molar-refractivity contribution in [2.45, 2.75) is 25.7 Å². The molecule has 42 heavy (non-hydrogen) atoms. The lowest BCUT2D eigenvalue weighted by Crippen LogP contribution is -2.18. The van der Waals surface area contributed by atoms with Crippen LogP contribution in [0.4, 0.5) is 11.4 Å². The Morgan fingerprint density at radius 1 is 0.786 bits per heavy atom. The van der Waals surface area contributed by atoms with Crippen molar-refractivity contribution in [1.82, 2.24) is 10.3 Å². The molecule has 0 spiro atoms. The van der Waals surface area contributed by atoms with E-state index in [1.807, 2.05) is 36.4 Å². The van der Waals surface area contributed by atoms with Gasteiger partial charge in [0.2, 0.25) is 0 Å². The number of carbonyl (C=O) groups excluding carboxylic acids is 1. The van der Waals surface area contributed by atoms with Gasteiger partial charge in [-0.2, -0.15) is 0 Å². The molecule has 1 amide bonds. The molecule has 0 unspecified atom stereocenters. The molecule has 0 bridgehead atoms. The molecular formula is C34H36N4O4. The van der Waals surface area contributed by atoms with Crippen LogP contribution in [0.25, 0.3) is 21.8 Å². The molecule has 216 valence electrons. The Morgan fingerprint density at radius 2 is 1.50 bits per heavy atom. The van der Waals surface area contributed by atoms with E-state index in [2.05, 4.69) is 21.7 Å². The summed E-state index contributed by atoms with van der Waals surface area (Å²) in [5.74, 6) is 1.20. The van der Waals surface area contributed by atoms with Crippen molar-refractivity contribution in [2.24, 2.45) is 0 Å². The van der Waals surface area contributed by atoms with Gasteiger partial charge in [0.1, 0.15) is 0 Å². The Kier molecular flexibility index (Phi) is 9.04. The summed E-state index contributed by atoms with van der Waals surface area (Å²) in [5.41, 5.74) is 10.9. The number of carbonyl (C=O) groups is 1. The molecular weight excluding hydrogens is 528 g/mol. The van der Waals surface area contributed by atoms with Crippen LogP contribution in [-0.2, 0) is 12.8 Å². The molecule has 8 nitrogen and oxygen atoms in total. The number of aryl methyl sites for hydroxylation is 1. The van der Waals surface area contributed by atoms with E-state index in [0.717, 1.165) is 50.3 Å². The van der Waals surface area contributed by atoms with Gasteiger partial charge in [0.15, 0.2) is 16.9 Å². The maximum absolute atomic E-state index is 13.2. The van der Waals surface area contributed by atoms with Gasteiger partial charge in [-0.1, -0.05) is 30.3 Å². The first-order valence-electron chi connectivity index (χ1n) is 14.1. The number of nitrogens with one attached hydrogen (secondary N) is 3. The molecule has 8 heteroatoms. The highest BCUT2D eigenvalue weighted by atomic mass is 16.5. The zero-order chi connectivity index (χ0) is 29.5. The number of rotatable bonds is 12. The number of nitrogens with two attached hydrogens (primary N) is 1. The van der Waals surface area contributed by atoms with Crippen LogP contribution in [0, 0.1) is 0 Å². The topological polar surface area (TPSA) is 118 Å². The third kappa shape index (κ3) is 6.39. The highest BCUT2D eigenvalue weighted by Gasteiger charge is 2.15. The SMILES string of the molecule is COc1ccc(CCNCCCCc2ccc(NC(=O)c3cccc4c(=O)c5cccc(N)c5[nH]c34)cc2)cc1OC. The van der Waals surface area contributed by atoms with Gasteiger partial charge >= 0.3 is 0 Å². The number of nitrogen functional groups attached to an aromatic ring is 1. The number of H-pyrrole nitrogens is 1. The fraction of sp³-hybridized carbons (Fsp3) is 0.235. The van der Waals surface area contributed by atoms with Crippen LogP contribution in [0.15, 0.2) is 83.7 Å². The van der Waals surface area contributed by atoms with Crippen LogP contribution in [0.5, 0.6) is 11.5 Å². The molecule has 0 aliphatic carbocycles. The number of pyridine rings is 1. The minimum absolute atomic E-state index is 0.154. The van der Waals surface area contributed by atoms with Gasteiger partial charge in [-0.25, -0.2) is 0 Å². The van der Waals surface area contributed by atoms with E-state index in [4.69, 9.17) is 15.2 Å². The van der Waals surface area contributed by atoms with Crippen LogP contribution in [0.3, 0.4) is 0 Å². The van der Waals surface area contributed by atoms with Crippen molar-refractivity contribution in [3.63, 3.8) is 0 Å². The molecule has 0 radical (unpaired) electrons. The largest absolute Gasteiger partial charge is 0.493 e. The highest BCUT2D eigenvalue weighted by Crippen LogP contribution is 2.27. The molecule has 1 aromatic heterocycles. The minimum Gasteiger partial charge on any atom is -0.493 e. The Bertz CT molecular complexity index is 1760. The summed E-state index contributed by atoms with van der Waals surface area (Å²) < 4.78 is 10.7. The van der Waals surface area contributed by atoms with Crippen molar-refractivity contribution in [1.29, 1.82) is 0 Å². The number of ether oxygens (including phenoxy) is 2. The molecule has 0 saturated carbocycles. The lowest BCUT2D eigenvalue weighted by Gasteiger charge is -2.11. The average molecular weight is 565 g/mol.